The molecule has 0 radical (unpaired) electrons. The summed E-state index contributed by atoms with van der Waals surface area (Å²) >= 11 is 0. The summed E-state index contributed by atoms with van der Waals surface area (Å²) in [6, 6.07) is 18.2. The summed E-state index contributed by atoms with van der Waals surface area (Å²) in [6.07, 6.45) is 0.298. The lowest BCUT2D eigenvalue weighted by Crippen LogP contribution is -2.46. The lowest BCUT2D eigenvalue weighted by molar-refractivity contribution is -0.133. The summed E-state index contributed by atoms with van der Waals surface area (Å²) in [7, 11) is 1.56. The zero-order valence-corrected chi connectivity index (χ0v) is 23.9. The lowest BCUT2D eigenvalue weighted by Gasteiger charge is -2.31. The van der Waals surface area contributed by atoms with Gasteiger partial charge in [-0.05, 0) is 48.0 Å². The zero-order valence-electron chi connectivity index (χ0n) is 23.9. The van der Waals surface area contributed by atoms with Gasteiger partial charge in [-0.15, -0.1) is 0 Å². The van der Waals surface area contributed by atoms with Gasteiger partial charge in [0.1, 0.15) is 18.1 Å². The van der Waals surface area contributed by atoms with Crippen molar-refractivity contribution < 1.29 is 32.9 Å². The minimum Gasteiger partial charge on any atom is -0.497 e. The van der Waals surface area contributed by atoms with Gasteiger partial charge >= 0.3 is 0 Å². The number of benzene rings is 3. The average molecular weight is 589 g/mol. The number of rotatable bonds is 9. The molecular formula is C32H33FN4O6. The van der Waals surface area contributed by atoms with E-state index in [-0.39, 0.29) is 25.2 Å². The van der Waals surface area contributed by atoms with Crippen LogP contribution in [0.25, 0.3) is 0 Å². The van der Waals surface area contributed by atoms with Crippen LogP contribution in [0.2, 0.25) is 0 Å². The summed E-state index contributed by atoms with van der Waals surface area (Å²) in [6.45, 7) is 3.61. The predicted molar refractivity (Wildman–Crippen MR) is 156 cm³/mol. The molecule has 0 N–H and O–H groups in total. The van der Waals surface area contributed by atoms with Crippen molar-refractivity contribution in [2.24, 2.45) is 5.10 Å². The highest BCUT2D eigenvalue weighted by Crippen LogP contribution is 2.39. The summed E-state index contributed by atoms with van der Waals surface area (Å²) in [5.74, 6) is 0.757. The minimum atomic E-state index is -0.520. The van der Waals surface area contributed by atoms with E-state index in [1.54, 1.807) is 60.5 Å². The zero-order chi connectivity index (χ0) is 29.8. The molecule has 3 aromatic rings. The van der Waals surface area contributed by atoms with Crippen LogP contribution in [0.5, 0.6) is 17.2 Å². The van der Waals surface area contributed by atoms with E-state index in [1.807, 2.05) is 12.1 Å². The van der Waals surface area contributed by atoms with E-state index in [2.05, 4.69) is 10.0 Å². The van der Waals surface area contributed by atoms with Crippen molar-refractivity contribution >= 4 is 17.5 Å². The van der Waals surface area contributed by atoms with E-state index >= 15 is 0 Å². The van der Waals surface area contributed by atoms with Crippen LogP contribution in [0, 0.1) is 5.82 Å². The largest absolute Gasteiger partial charge is 0.497 e. The van der Waals surface area contributed by atoms with Crippen LogP contribution < -0.4 is 14.2 Å². The van der Waals surface area contributed by atoms with Gasteiger partial charge in [-0.3, -0.25) is 14.5 Å². The van der Waals surface area contributed by atoms with Crippen LogP contribution in [0.15, 0.2) is 71.8 Å². The van der Waals surface area contributed by atoms with Gasteiger partial charge in [0.25, 0.3) is 11.8 Å². The molecule has 0 spiro atoms. The molecule has 1 saturated heterocycles. The number of halogens is 1. The molecule has 6 rings (SSSR count). The minimum absolute atomic E-state index is 0.120. The fourth-order valence-electron chi connectivity index (χ4n) is 5.47. The number of morpholine rings is 1. The number of nitrogens with zero attached hydrogens (tertiary/aromatic N) is 4. The number of fused-ring (bicyclic) bond motifs is 1. The second kappa shape index (κ2) is 12.8. The van der Waals surface area contributed by atoms with E-state index in [1.165, 1.54) is 11.1 Å². The third-order valence-electron chi connectivity index (χ3n) is 7.87. The van der Waals surface area contributed by atoms with E-state index in [4.69, 9.17) is 18.9 Å². The molecular weight excluding hydrogens is 555 g/mol. The monoisotopic (exact) mass is 588 g/mol. The highest BCUT2D eigenvalue weighted by molar-refractivity contribution is 6.04. The van der Waals surface area contributed by atoms with Crippen LogP contribution in [0.3, 0.4) is 0 Å². The van der Waals surface area contributed by atoms with Gasteiger partial charge in [-0.2, -0.15) is 5.10 Å². The Bertz CT molecular complexity index is 1510. The predicted octanol–water partition coefficient (Wildman–Crippen LogP) is 3.72. The Labute approximate surface area is 249 Å². The van der Waals surface area contributed by atoms with Crippen LogP contribution in [-0.4, -0.2) is 92.2 Å². The second-order valence-corrected chi connectivity index (χ2v) is 10.5. The van der Waals surface area contributed by atoms with Gasteiger partial charge in [0.2, 0.25) is 6.79 Å². The van der Waals surface area contributed by atoms with Gasteiger partial charge in [-0.1, -0.05) is 24.3 Å². The molecule has 0 saturated carbocycles. The number of carbonyl (C=O) groups excluding carboxylic acids is 2. The van der Waals surface area contributed by atoms with Crippen LogP contribution in [0.4, 0.5) is 4.39 Å². The molecule has 10 nitrogen and oxygen atoms in total. The lowest BCUT2D eigenvalue weighted by atomic mass is 9.97. The third-order valence-corrected chi connectivity index (χ3v) is 7.87. The van der Waals surface area contributed by atoms with E-state index in [0.717, 1.165) is 18.7 Å². The molecule has 0 aromatic heterocycles. The van der Waals surface area contributed by atoms with E-state index in [9.17, 15) is 14.0 Å². The molecule has 43 heavy (non-hydrogen) atoms. The van der Waals surface area contributed by atoms with Crippen molar-refractivity contribution in [3.05, 3.63) is 89.2 Å². The molecule has 0 unspecified atom stereocenters. The molecule has 3 heterocycles. The summed E-state index contributed by atoms with van der Waals surface area (Å²) in [5.41, 5.74) is 2.01. The van der Waals surface area contributed by atoms with Crippen molar-refractivity contribution in [3.8, 4) is 17.2 Å². The van der Waals surface area contributed by atoms with Crippen molar-refractivity contribution in [3.63, 3.8) is 0 Å². The number of hydrazone groups is 1. The Morgan fingerprint density at radius 1 is 1.02 bits per heavy atom. The van der Waals surface area contributed by atoms with Gasteiger partial charge in [-0.25, -0.2) is 9.40 Å². The molecule has 3 aliphatic rings. The molecule has 1 fully saturated rings. The quantitative estimate of drug-likeness (QED) is 0.376. The molecule has 3 aliphatic heterocycles. The van der Waals surface area contributed by atoms with Crippen molar-refractivity contribution in [1.29, 1.82) is 0 Å². The van der Waals surface area contributed by atoms with Gasteiger partial charge in [0, 0.05) is 43.7 Å². The third kappa shape index (κ3) is 6.32. The van der Waals surface area contributed by atoms with E-state index in [0.29, 0.717) is 66.8 Å². The molecule has 0 bridgehead atoms. The second-order valence-electron chi connectivity index (χ2n) is 10.5. The first-order chi connectivity index (χ1) is 21.0. The maximum Gasteiger partial charge on any atom is 0.262 e. The Balaban J connectivity index is 1.28. The number of amides is 2. The Morgan fingerprint density at radius 2 is 1.79 bits per heavy atom. The fraction of sp³-hybridized carbons (Fsp3) is 0.344. The molecule has 1 atom stereocenters. The first-order valence-electron chi connectivity index (χ1n) is 14.3. The normalized spacial score (nSPS) is 18.0. The Kier molecular flexibility index (Phi) is 8.52. The van der Waals surface area contributed by atoms with Crippen molar-refractivity contribution in [2.45, 2.75) is 12.5 Å². The number of hydrogen-bond acceptors (Lipinski definition) is 8. The Hall–Kier alpha value is -4.48. The fourth-order valence-corrected chi connectivity index (χ4v) is 5.47. The molecule has 3 aromatic carbocycles. The van der Waals surface area contributed by atoms with E-state index < -0.39 is 11.9 Å². The standard InChI is InChI=1S/C32H33FN4O6/c1-40-24-9-6-22(7-10-24)32(39)36(13-12-35-14-16-41-17-15-35)20-31(38)37-28(23-8-11-29-30(18-23)43-21-42-29)19-27(34-37)25-4-2-3-5-26(25)33/h2-11,18,28H,12-17,19-21H2,1H3/t28-/m0/s1. The topological polar surface area (TPSA) is 93.1 Å². The summed E-state index contributed by atoms with van der Waals surface area (Å²) in [5, 5.41) is 6.01. The van der Waals surface area contributed by atoms with Crippen LogP contribution in [0.1, 0.15) is 33.9 Å². The maximum absolute atomic E-state index is 14.8. The number of carbonyl (C=O) groups is 2. The van der Waals surface area contributed by atoms with Gasteiger partial charge in [0.15, 0.2) is 11.5 Å². The maximum atomic E-state index is 14.8. The smallest absolute Gasteiger partial charge is 0.262 e. The van der Waals surface area contributed by atoms with Crippen molar-refractivity contribution in [2.75, 3.05) is 59.8 Å². The van der Waals surface area contributed by atoms with Gasteiger partial charge < -0.3 is 23.8 Å². The first-order valence-corrected chi connectivity index (χ1v) is 14.3. The molecule has 11 heteroatoms. The Morgan fingerprint density at radius 3 is 2.56 bits per heavy atom. The summed E-state index contributed by atoms with van der Waals surface area (Å²) < 4.78 is 36.6. The number of ether oxygens (including phenoxy) is 4. The van der Waals surface area contributed by atoms with Gasteiger partial charge in [0.05, 0.1) is 32.1 Å². The van der Waals surface area contributed by atoms with Crippen molar-refractivity contribution in [1.82, 2.24) is 14.8 Å². The molecule has 2 amide bonds. The number of methoxy groups -OCH3 is 1. The molecule has 224 valence electrons. The van der Waals surface area contributed by atoms with Crippen LogP contribution in [-0.2, 0) is 9.53 Å². The van der Waals surface area contributed by atoms with Crippen LogP contribution >= 0.6 is 0 Å². The summed E-state index contributed by atoms with van der Waals surface area (Å²) in [4.78, 5) is 31.5. The highest BCUT2D eigenvalue weighted by Gasteiger charge is 2.36. The highest BCUT2D eigenvalue weighted by atomic mass is 19.1. The SMILES string of the molecule is COc1ccc(C(=O)N(CCN2CCOCC2)CC(=O)N2N=C(c3ccccc3F)C[C@H]2c2ccc3c(c2)OCO3)cc1. The molecule has 0 aliphatic carbocycles. The average Bonchev–Trinajstić information content (AvgIpc) is 3.71. The first kappa shape index (κ1) is 28.6. The number of hydrogen-bond donors (Lipinski definition) is 0.